The third-order valence-electron chi connectivity index (χ3n) is 6.30. The number of carbonyl (C=O) groups excluding carboxylic acids is 1. The number of benzene rings is 2. The summed E-state index contributed by atoms with van der Waals surface area (Å²) < 4.78 is 11.0. The lowest BCUT2D eigenvalue weighted by Crippen LogP contribution is -2.26. The molecule has 3 rings (SSSR count). The van der Waals surface area contributed by atoms with Crippen LogP contribution in [0.3, 0.4) is 0 Å². The highest BCUT2D eigenvalue weighted by Crippen LogP contribution is 2.34. The topological polar surface area (TPSA) is 61.3 Å². The highest BCUT2D eigenvalue weighted by atomic mass is 16.6. The van der Waals surface area contributed by atoms with Crippen molar-refractivity contribution in [3.63, 3.8) is 0 Å². The molecule has 3 aromatic rings. The van der Waals surface area contributed by atoms with Gasteiger partial charge in [0, 0.05) is 12.2 Å². The lowest BCUT2D eigenvalue weighted by atomic mass is 9.92. The number of rotatable bonds is 15. The fourth-order valence-corrected chi connectivity index (χ4v) is 4.20. The molecule has 5 nitrogen and oxygen atoms in total. The molecule has 0 aliphatic rings. The Bertz CT molecular complexity index is 1050. The third-order valence-corrected chi connectivity index (χ3v) is 6.30. The van der Waals surface area contributed by atoms with Gasteiger partial charge < -0.3 is 9.47 Å². The first-order chi connectivity index (χ1) is 17.6. The molecule has 0 aliphatic heterocycles. The van der Waals surface area contributed by atoms with Gasteiger partial charge in [-0.15, -0.1) is 0 Å². The van der Waals surface area contributed by atoms with Gasteiger partial charge in [0.1, 0.15) is 0 Å². The van der Waals surface area contributed by atoms with Crippen LogP contribution in [0.1, 0.15) is 77.7 Å². The largest absolute Gasteiger partial charge is 0.421 e. The SMILES string of the molecule is CCCCCCCCc1cccc(-c2ccccc2)c1-c1ncc(OC(=O)[C@@H](C)OCCCC)cn1. The summed E-state index contributed by atoms with van der Waals surface area (Å²) in [6, 6.07) is 16.8. The molecule has 0 saturated carbocycles. The van der Waals surface area contributed by atoms with E-state index in [9.17, 15) is 4.79 Å². The zero-order valence-corrected chi connectivity index (χ0v) is 22.0. The monoisotopic (exact) mass is 488 g/mol. The fourth-order valence-electron chi connectivity index (χ4n) is 4.20. The maximum absolute atomic E-state index is 12.4. The van der Waals surface area contributed by atoms with Gasteiger partial charge in [-0.3, -0.25) is 0 Å². The maximum atomic E-state index is 12.4. The maximum Gasteiger partial charge on any atom is 0.340 e. The molecule has 0 saturated heterocycles. The Kier molecular flexibility index (Phi) is 11.6. The number of ether oxygens (including phenoxy) is 2. The minimum atomic E-state index is -0.626. The Balaban J connectivity index is 1.79. The van der Waals surface area contributed by atoms with Crippen molar-refractivity contribution in [3.05, 3.63) is 66.5 Å². The fraction of sp³-hybridized carbons (Fsp3) is 0.452. The Morgan fingerprint density at radius 1 is 0.833 bits per heavy atom. The van der Waals surface area contributed by atoms with Crippen molar-refractivity contribution in [1.82, 2.24) is 9.97 Å². The summed E-state index contributed by atoms with van der Waals surface area (Å²) in [6.45, 7) is 6.58. The number of aryl methyl sites for hydroxylation is 1. The second-order valence-corrected chi connectivity index (χ2v) is 9.25. The van der Waals surface area contributed by atoms with E-state index in [-0.39, 0.29) is 0 Å². The summed E-state index contributed by atoms with van der Waals surface area (Å²) in [5.74, 6) is 0.530. The van der Waals surface area contributed by atoms with Crippen molar-refractivity contribution in [3.8, 4) is 28.3 Å². The Labute approximate surface area is 216 Å². The molecule has 0 spiro atoms. The van der Waals surface area contributed by atoms with Gasteiger partial charge in [-0.1, -0.05) is 101 Å². The quantitative estimate of drug-likeness (QED) is 0.161. The number of carbonyl (C=O) groups is 1. The Hall–Kier alpha value is -3.05. The van der Waals surface area contributed by atoms with Crippen molar-refractivity contribution in [2.24, 2.45) is 0 Å². The second-order valence-electron chi connectivity index (χ2n) is 9.25. The molecule has 1 aromatic heterocycles. The van der Waals surface area contributed by atoms with Crippen LogP contribution in [-0.4, -0.2) is 28.6 Å². The van der Waals surface area contributed by atoms with Crippen molar-refractivity contribution in [1.29, 1.82) is 0 Å². The molecule has 36 heavy (non-hydrogen) atoms. The standard InChI is InChI=1S/C31H40N2O3/c1-4-6-8-9-10-12-18-26-19-15-20-28(25-16-13-11-14-17-25)29(26)30-32-22-27(23-33-30)36-31(34)24(3)35-21-7-5-2/h11,13-17,19-20,22-24H,4-10,12,18,21H2,1-3H3/t24-/m1/s1. The predicted octanol–water partition coefficient (Wildman–Crippen LogP) is 7.82. The van der Waals surface area contributed by atoms with Crippen LogP contribution >= 0.6 is 0 Å². The number of hydrogen-bond donors (Lipinski definition) is 0. The molecule has 0 bridgehead atoms. The van der Waals surface area contributed by atoms with Crippen LogP contribution < -0.4 is 4.74 Å². The summed E-state index contributed by atoms with van der Waals surface area (Å²) >= 11 is 0. The Morgan fingerprint density at radius 2 is 1.53 bits per heavy atom. The van der Waals surface area contributed by atoms with Gasteiger partial charge in [-0.25, -0.2) is 14.8 Å². The van der Waals surface area contributed by atoms with Crippen LogP contribution in [0.25, 0.3) is 22.5 Å². The highest BCUT2D eigenvalue weighted by Gasteiger charge is 2.18. The molecule has 0 N–H and O–H groups in total. The van der Waals surface area contributed by atoms with E-state index in [4.69, 9.17) is 9.47 Å². The molecule has 0 unspecified atom stereocenters. The van der Waals surface area contributed by atoms with E-state index in [1.807, 2.05) is 18.2 Å². The van der Waals surface area contributed by atoms with Gasteiger partial charge in [-0.2, -0.15) is 0 Å². The van der Waals surface area contributed by atoms with E-state index < -0.39 is 12.1 Å². The van der Waals surface area contributed by atoms with Gasteiger partial charge in [-0.05, 0) is 42.9 Å². The smallest absolute Gasteiger partial charge is 0.340 e. The summed E-state index contributed by atoms with van der Waals surface area (Å²) in [5.41, 5.74) is 4.54. The summed E-state index contributed by atoms with van der Waals surface area (Å²) in [7, 11) is 0. The van der Waals surface area contributed by atoms with Gasteiger partial charge >= 0.3 is 5.97 Å². The van der Waals surface area contributed by atoms with Crippen molar-refractivity contribution >= 4 is 5.97 Å². The number of aromatic nitrogens is 2. The highest BCUT2D eigenvalue weighted by molar-refractivity contribution is 5.83. The molecule has 0 aliphatic carbocycles. The number of hydrogen-bond acceptors (Lipinski definition) is 5. The van der Waals surface area contributed by atoms with Crippen LogP contribution in [0, 0.1) is 0 Å². The minimum Gasteiger partial charge on any atom is -0.421 e. The van der Waals surface area contributed by atoms with Crippen LogP contribution in [0.4, 0.5) is 0 Å². The number of nitrogens with zero attached hydrogens (tertiary/aromatic N) is 2. The van der Waals surface area contributed by atoms with E-state index in [1.165, 1.54) is 37.7 Å². The number of unbranched alkanes of at least 4 members (excludes halogenated alkanes) is 6. The van der Waals surface area contributed by atoms with Crippen LogP contribution in [0.5, 0.6) is 5.75 Å². The van der Waals surface area contributed by atoms with Crippen molar-refractivity contribution in [2.75, 3.05) is 6.61 Å². The van der Waals surface area contributed by atoms with Gasteiger partial charge in [0.05, 0.1) is 12.4 Å². The van der Waals surface area contributed by atoms with Crippen molar-refractivity contribution in [2.45, 2.75) is 84.7 Å². The predicted molar refractivity (Wildman–Crippen MR) is 146 cm³/mol. The molecular formula is C31H40N2O3. The summed E-state index contributed by atoms with van der Waals surface area (Å²) in [6.07, 6.45) is 13.0. The summed E-state index contributed by atoms with van der Waals surface area (Å²) in [4.78, 5) is 21.6. The minimum absolute atomic E-state index is 0.323. The second kappa shape index (κ2) is 15.1. The van der Waals surface area contributed by atoms with Crippen molar-refractivity contribution < 1.29 is 14.3 Å². The molecule has 192 valence electrons. The molecule has 1 atom stereocenters. The third kappa shape index (κ3) is 8.27. The van der Waals surface area contributed by atoms with E-state index in [1.54, 1.807) is 19.3 Å². The van der Waals surface area contributed by atoms with Gasteiger partial charge in [0.15, 0.2) is 17.7 Å². The van der Waals surface area contributed by atoms with Crippen LogP contribution in [0.15, 0.2) is 60.9 Å². The van der Waals surface area contributed by atoms with E-state index >= 15 is 0 Å². The average Bonchev–Trinajstić information content (AvgIpc) is 2.91. The molecule has 5 heteroatoms. The molecule has 0 amide bonds. The molecule has 0 fully saturated rings. The lowest BCUT2D eigenvalue weighted by molar-refractivity contribution is -0.146. The van der Waals surface area contributed by atoms with Gasteiger partial charge in [0.2, 0.25) is 0 Å². The first kappa shape index (κ1) is 27.5. The normalized spacial score (nSPS) is 11.9. The first-order valence-corrected chi connectivity index (χ1v) is 13.5. The van der Waals surface area contributed by atoms with E-state index in [2.05, 4.69) is 54.1 Å². The zero-order chi connectivity index (χ0) is 25.6. The first-order valence-electron chi connectivity index (χ1n) is 13.5. The van der Waals surface area contributed by atoms with Crippen LogP contribution in [0.2, 0.25) is 0 Å². The van der Waals surface area contributed by atoms with Gasteiger partial charge in [0.25, 0.3) is 0 Å². The summed E-state index contributed by atoms with van der Waals surface area (Å²) in [5, 5.41) is 0. The average molecular weight is 489 g/mol. The zero-order valence-electron chi connectivity index (χ0n) is 22.0. The lowest BCUT2D eigenvalue weighted by Gasteiger charge is -2.15. The molecule has 0 radical (unpaired) electrons. The van der Waals surface area contributed by atoms with E-state index in [0.29, 0.717) is 18.2 Å². The Morgan fingerprint density at radius 3 is 2.25 bits per heavy atom. The van der Waals surface area contributed by atoms with Crippen LogP contribution in [-0.2, 0) is 16.0 Å². The molecular weight excluding hydrogens is 448 g/mol. The molecule has 2 aromatic carbocycles. The molecule has 1 heterocycles. The number of esters is 1. The van der Waals surface area contributed by atoms with E-state index in [0.717, 1.165) is 42.4 Å².